The largest absolute Gasteiger partial charge is 0.275 e. The van der Waals surface area contributed by atoms with Crippen molar-refractivity contribution in [3.63, 3.8) is 0 Å². The van der Waals surface area contributed by atoms with Gasteiger partial charge in [0, 0.05) is 18.1 Å². The van der Waals surface area contributed by atoms with Crippen molar-refractivity contribution in [3.8, 4) is 0 Å². The van der Waals surface area contributed by atoms with E-state index in [1.165, 1.54) is 5.56 Å². The van der Waals surface area contributed by atoms with Gasteiger partial charge in [0.2, 0.25) is 0 Å². The molecule has 3 heterocycles. The van der Waals surface area contributed by atoms with Gasteiger partial charge >= 0.3 is 0 Å². The second kappa shape index (κ2) is 6.26. The topological polar surface area (TPSA) is 37.6 Å². The van der Waals surface area contributed by atoms with E-state index in [-0.39, 0.29) is 6.04 Å². The lowest BCUT2D eigenvalue weighted by atomic mass is 10.1. The molecule has 0 N–H and O–H groups in total. The lowest BCUT2D eigenvalue weighted by molar-refractivity contribution is 0.849. The van der Waals surface area contributed by atoms with Crippen molar-refractivity contribution < 1.29 is 0 Å². The van der Waals surface area contributed by atoms with Crippen LogP contribution in [0.2, 0.25) is 0 Å². The van der Waals surface area contributed by atoms with Crippen LogP contribution in [0.3, 0.4) is 0 Å². The highest BCUT2D eigenvalue weighted by molar-refractivity contribution is 8.15. The highest BCUT2D eigenvalue weighted by Crippen LogP contribution is 2.32. The van der Waals surface area contributed by atoms with Crippen LogP contribution in [-0.2, 0) is 0 Å². The Hall–Kier alpha value is -1.59. The molecule has 0 saturated carbocycles. The van der Waals surface area contributed by atoms with E-state index in [1.807, 2.05) is 18.2 Å². The molecule has 4 rings (SSSR count). The fourth-order valence-corrected chi connectivity index (χ4v) is 4.39. The van der Waals surface area contributed by atoms with Crippen molar-refractivity contribution in [1.29, 1.82) is 0 Å². The van der Waals surface area contributed by atoms with Crippen molar-refractivity contribution in [2.45, 2.75) is 6.04 Å². The molecule has 0 spiro atoms. The molecule has 3 nitrogen and oxygen atoms in total. The first-order valence-corrected chi connectivity index (χ1v) is 9.28. The number of benzene rings is 1. The maximum absolute atomic E-state index is 4.87. The van der Waals surface area contributed by atoms with Gasteiger partial charge in [-0.25, -0.2) is 4.98 Å². The summed E-state index contributed by atoms with van der Waals surface area (Å²) in [7, 11) is 0. The number of nitrogens with zero attached hydrogens (tertiary/aromatic N) is 3. The lowest BCUT2D eigenvalue weighted by Crippen LogP contribution is -2.03. The Kier molecular flexibility index (Phi) is 3.99. The summed E-state index contributed by atoms with van der Waals surface area (Å²) in [6.07, 6.45) is 0. The Morgan fingerprint density at radius 1 is 0.864 bits per heavy atom. The SMILES string of the molecule is c1ccc(C2CSC(c3cccc(C4=NCCS4)n3)=N2)cc1. The molecule has 0 fully saturated rings. The number of hydrogen-bond acceptors (Lipinski definition) is 5. The normalized spacial score (nSPS) is 20.8. The predicted octanol–water partition coefficient (Wildman–Crippen LogP) is 3.81. The van der Waals surface area contributed by atoms with Crippen molar-refractivity contribution in [2.75, 3.05) is 18.1 Å². The molecule has 2 aliphatic rings. The molecule has 0 aliphatic carbocycles. The number of pyridine rings is 1. The number of thioether (sulfide) groups is 2. The fourth-order valence-electron chi connectivity index (χ4n) is 2.52. The van der Waals surface area contributed by atoms with Crippen molar-refractivity contribution in [1.82, 2.24) is 4.98 Å². The van der Waals surface area contributed by atoms with E-state index in [2.05, 4.69) is 35.3 Å². The van der Waals surface area contributed by atoms with Crippen LogP contribution in [0.5, 0.6) is 0 Å². The molecule has 0 radical (unpaired) electrons. The number of aliphatic imine (C=N–C) groups is 2. The number of rotatable bonds is 3. The average molecular weight is 325 g/mol. The summed E-state index contributed by atoms with van der Waals surface area (Å²) in [5.41, 5.74) is 3.22. The molecule has 0 amide bonds. The van der Waals surface area contributed by atoms with Crippen LogP contribution in [0.15, 0.2) is 58.5 Å². The molecule has 2 aromatic rings. The van der Waals surface area contributed by atoms with E-state index < -0.39 is 0 Å². The van der Waals surface area contributed by atoms with Crippen molar-refractivity contribution >= 4 is 33.6 Å². The minimum absolute atomic E-state index is 0.241. The van der Waals surface area contributed by atoms with Crippen LogP contribution in [0.25, 0.3) is 0 Å². The molecular weight excluding hydrogens is 310 g/mol. The van der Waals surface area contributed by atoms with Gasteiger partial charge in [-0.05, 0) is 17.7 Å². The molecule has 110 valence electrons. The summed E-state index contributed by atoms with van der Waals surface area (Å²) >= 11 is 3.58. The third-order valence-electron chi connectivity index (χ3n) is 3.61. The molecule has 0 bridgehead atoms. The monoisotopic (exact) mass is 325 g/mol. The summed E-state index contributed by atoms with van der Waals surface area (Å²) in [4.78, 5) is 14.1. The zero-order chi connectivity index (χ0) is 14.8. The molecule has 22 heavy (non-hydrogen) atoms. The molecule has 1 atom stereocenters. The van der Waals surface area contributed by atoms with E-state index in [9.17, 15) is 0 Å². The summed E-state index contributed by atoms with van der Waals surface area (Å²) in [6, 6.07) is 16.8. The fraction of sp³-hybridized carbons (Fsp3) is 0.235. The summed E-state index contributed by atoms with van der Waals surface area (Å²) in [5.74, 6) is 2.05. The second-order valence-electron chi connectivity index (χ2n) is 5.12. The molecule has 5 heteroatoms. The van der Waals surface area contributed by atoms with Crippen LogP contribution in [0.4, 0.5) is 0 Å². The molecule has 0 saturated heterocycles. The quantitative estimate of drug-likeness (QED) is 0.861. The van der Waals surface area contributed by atoms with Crippen LogP contribution < -0.4 is 0 Å². The van der Waals surface area contributed by atoms with Crippen LogP contribution in [0, 0.1) is 0 Å². The first-order valence-electron chi connectivity index (χ1n) is 7.31. The zero-order valence-electron chi connectivity index (χ0n) is 12.0. The maximum atomic E-state index is 4.87. The van der Waals surface area contributed by atoms with Gasteiger partial charge in [-0.15, -0.1) is 23.5 Å². The first kappa shape index (κ1) is 14.0. The average Bonchev–Trinajstić information content (AvgIpc) is 3.28. The summed E-state index contributed by atoms with van der Waals surface area (Å²) in [5, 5.41) is 2.10. The van der Waals surface area contributed by atoms with Gasteiger partial charge in [-0.3, -0.25) is 9.98 Å². The van der Waals surface area contributed by atoms with E-state index in [0.717, 1.165) is 39.5 Å². The standard InChI is InChI=1S/C17H15N3S2/c1-2-5-12(6-3-1)15-11-22-17(20-15)14-8-4-7-13(19-14)16-18-9-10-21-16/h1-8,15H,9-11H2. The third kappa shape index (κ3) is 2.83. The van der Waals surface area contributed by atoms with Gasteiger partial charge in [0.1, 0.15) is 10.1 Å². The number of hydrogen-bond donors (Lipinski definition) is 0. The van der Waals surface area contributed by atoms with Crippen LogP contribution in [0.1, 0.15) is 23.0 Å². The minimum Gasteiger partial charge on any atom is -0.275 e. The minimum atomic E-state index is 0.241. The Balaban J connectivity index is 1.61. The Bertz CT molecular complexity index is 741. The van der Waals surface area contributed by atoms with Gasteiger partial charge in [0.05, 0.1) is 17.4 Å². The van der Waals surface area contributed by atoms with Gasteiger partial charge in [-0.1, -0.05) is 36.4 Å². The van der Waals surface area contributed by atoms with Gasteiger partial charge in [-0.2, -0.15) is 0 Å². The summed E-state index contributed by atoms with van der Waals surface area (Å²) < 4.78 is 0. The maximum Gasteiger partial charge on any atom is 0.117 e. The van der Waals surface area contributed by atoms with E-state index in [0.29, 0.717) is 0 Å². The van der Waals surface area contributed by atoms with Crippen molar-refractivity contribution in [3.05, 3.63) is 65.5 Å². The van der Waals surface area contributed by atoms with Gasteiger partial charge in [0.15, 0.2) is 0 Å². The zero-order valence-corrected chi connectivity index (χ0v) is 13.6. The highest BCUT2D eigenvalue weighted by atomic mass is 32.2. The van der Waals surface area contributed by atoms with Gasteiger partial charge < -0.3 is 0 Å². The van der Waals surface area contributed by atoms with E-state index >= 15 is 0 Å². The molecular formula is C17H15N3S2. The third-order valence-corrected chi connectivity index (χ3v) is 5.68. The van der Waals surface area contributed by atoms with Gasteiger partial charge in [0.25, 0.3) is 0 Å². The number of aromatic nitrogens is 1. The first-order chi connectivity index (χ1) is 10.9. The molecule has 1 unspecified atom stereocenters. The smallest absolute Gasteiger partial charge is 0.117 e. The Labute approximate surface area is 138 Å². The highest BCUT2D eigenvalue weighted by Gasteiger charge is 2.22. The lowest BCUT2D eigenvalue weighted by Gasteiger charge is -2.04. The van der Waals surface area contributed by atoms with E-state index in [4.69, 9.17) is 9.98 Å². The summed E-state index contributed by atoms with van der Waals surface area (Å²) in [6.45, 7) is 0.900. The Morgan fingerprint density at radius 3 is 2.45 bits per heavy atom. The Morgan fingerprint density at radius 2 is 1.68 bits per heavy atom. The van der Waals surface area contributed by atoms with Crippen molar-refractivity contribution in [2.24, 2.45) is 9.98 Å². The molecule has 1 aromatic carbocycles. The van der Waals surface area contributed by atoms with Crippen LogP contribution >= 0.6 is 23.5 Å². The molecule has 1 aromatic heterocycles. The predicted molar refractivity (Wildman–Crippen MR) is 96.3 cm³/mol. The molecule has 2 aliphatic heterocycles. The van der Waals surface area contributed by atoms with E-state index in [1.54, 1.807) is 23.5 Å². The second-order valence-corrected chi connectivity index (χ2v) is 7.21. The van der Waals surface area contributed by atoms with Crippen LogP contribution in [-0.4, -0.2) is 33.1 Å².